The Morgan fingerprint density at radius 1 is 0.972 bits per heavy atom. The molecule has 3 N–H and O–H groups in total. The number of hydrogen-bond acceptors (Lipinski definition) is 5. The predicted octanol–water partition coefficient (Wildman–Crippen LogP) is 3.48. The van der Waals surface area contributed by atoms with Crippen LogP contribution in [0.2, 0.25) is 0 Å². The molecule has 2 aromatic rings. The molecule has 0 bridgehead atoms. The molecule has 36 heavy (non-hydrogen) atoms. The smallest absolute Gasteiger partial charge is 0.251 e. The minimum Gasteiger partial charge on any atom is -0.370 e. The molecule has 7 nitrogen and oxygen atoms in total. The van der Waals surface area contributed by atoms with Crippen LogP contribution >= 0.6 is 0 Å². The number of nitrogens with zero attached hydrogens (tertiary/aromatic N) is 1. The number of hydrogen-bond donors (Lipinski definition) is 3. The molecule has 0 aliphatic carbocycles. The van der Waals surface area contributed by atoms with E-state index in [0.717, 1.165) is 51.7 Å². The van der Waals surface area contributed by atoms with Crippen molar-refractivity contribution < 1.29 is 14.4 Å². The lowest BCUT2D eigenvalue weighted by Crippen LogP contribution is -2.47. The molecule has 194 valence electrons. The van der Waals surface area contributed by atoms with E-state index >= 15 is 0 Å². The average Bonchev–Trinajstić information content (AvgIpc) is 3.32. The molecular weight excluding hydrogens is 452 g/mol. The van der Waals surface area contributed by atoms with E-state index in [0.29, 0.717) is 30.7 Å². The van der Waals surface area contributed by atoms with Crippen LogP contribution in [0.1, 0.15) is 61.4 Å². The second-order valence-corrected chi connectivity index (χ2v) is 9.37. The van der Waals surface area contributed by atoms with Crippen molar-refractivity contribution >= 4 is 23.3 Å². The number of anilines is 1. The van der Waals surface area contributed by atoms with Crippen molar-refractivity contribution in [3.05, 3.63) is 65.7 Å². The third-order valence-electron chi connectivity index (χ3n) is 6.65. The summed E-state index contributed by atoms with van der Waals surface area (Å²) in [5, 5.41) is 9.29. The number of rotatable bonds is 16. The number of Topliss-reactive ketones (excluding diaryl/α,β-unsaturated/α-hetero) is 1. The fraction of sp³-hybridized carbons (Fsp3) is 0.483. The van der Waals surface area contributed by atoms with Gasteiger partial charge in [-0.25, -0.2) is 0 Å². The van der Waals surface area contributed by atoms with Crippen LogP contribution in [-0.4, -0.2) is 56.4 Å². The third-order valence-corrected chi connectivity index (χ3v) is 6.65. The first-order valence-corrected chi connectivity index (χ1v) is 13.2. The minimum atomic E-state index is -0.257. The Kier molecular flexibility index (Phi) is 11.4. The number of ketones is 1. The molecule has 0 spiro atoms. The monoisotopic (exact) mass is 492 g/mol. The molecule has 1 aliphatic heterocycles. The van der Waals surface area contributed by atoms with Crippen molar-refractivity contribution in [1.82, 2.24) is 16.0 Å². The Morgan fingerprint density at radius 2 is 1.75 bits per heavy atom. The number of carbonyl (C=O) groups is 3. The van der Waals surface area contributed by atoms with Crippen LogP contribution < -0.4 is 20.9 Å². The molecule has 2 aromatic carbocycles. The van der Waals surface area contributed by atoms with Crippen molar-refractivity contribution in [2.45, 2.75) is 57.9 Å². The summed E-state index contributed by atoms with van der Waals surface area (Å²) in [4.78, 5) is 38.8. The Morgan fingerprint density at radius 3 is 2.56 bits per heavy atom. The minimum absolute atomic E-state index is 0.0288. The van der Waals surface area contributed by atoms with Gasteiger partial charge in [0.15, 0.2) is 0 Å². The first-order valence-electron chi connectivity index (χ1n) is 13.2. The van der Waals surface area contributed by atoms with Crippen molar-refractivity contribution in [2.75, 3.05) is 37.6 Å². The Bertz CT molecular complexity index is 979. The maximum Gasteiger partial charge on any atom is 0.251 e. The van der Waals surface area contributed by atoms with E-state index in [1.807, 2.05) is 13.0 Å². The first-order chi connectivity index (χ1) is 17.6. The van der Waals surface area contributed by atoms with Crippen LogP contribution in [0.4, 0.5) is 5.69 Å². The van der Waals surface area contributed by atoms with Gasteiger partial charge in [0.2, 0.25) is 5.91 Å². The summed E-state index contributed by atoms with van der Waals surface area (Å²) in [7, 11) is 0. The van der Waals surface area contributed by atoms with Crippen molar-refractivity contribution in [3.8, 4) is 0 Å². The average molecular weight is 493 g/mol. The van der Waals surface area contributed by atoms with E-state index in [4.69, 9.17) is 0 Å². The van der Waals surface area contributed by atoms with Gasteiger partial charge in [-0.05, 0) is 43.0 Å². The summed E-state index contributed by atoms with van der Waals surface area (Å²) in [6.07, 6.45) is 5.95. The van der Waals surface area contributed by atoms with Crippen LogP contribution in [0.25, 0.3) is 0 Å². The second-order valence-electron chi connectivity index (χ2n) is 9.37. The summed E-state index contributed by atoms with van der Waals surface area (Å²) >= 11 is 0. The third kappa shape index (κ3) is 9.11. The number of fused-ring (bicyclic) bond motifs is 1. The summed E-state index contributed by atoms with van der Waals surface area (Å²) in [5.41, 5.74) is 3.26. The topological polar surface area (TPSA) is 90.5 Å². The Hall–Kier alpha value is -3.19. The van der Waals surface area contributed by atoms with Gasteiger partial charge in [0.1, 0.15) is 5.78 Å². The highest BCUT2D eigenvalue weighted by Crippen LogP contribution is 2.26. The van der Waals surface area contributed by atoms with E-state index in [9.17, 15) is 14.4 Å². The van der Waals surface area contributed by atoms with Crippen LogP contribution in [0.5, 0.6) is 0 Å². The molecule has 0 saturated carbocycles. The van der Waals surface area contributed by atoms with Gasteiger partial charge in [-0.3, -0.25) is 14.4 Å². The number of amides is 2. The number of nitrogens with one attached hydrogen (secondary N) is 3. The number of carbonyl (C=O) groups excluding carboxylic acids is 3. The van der Waals surface area contributed by atoms with Gasteiger partial charge in [0, 0.05) is 56.3 Å². The number of benzene rings is 2. The molecule has 7 heteroatoms. The highest BCUT2D eigenvalue weighted by atomic mass is 16.2. The lowest BCUT2D eigenvalue weighted by atomic mass is 10.0. The summed E-state index contributed by atoms with van der Waals surface area (Å²) in [6, 6.07) is 17.4. The van der Waals surface area contributed by atoms with Gasteiger partial charge in [-0.1, -0.05) is 56.2 Å². The lowest BCUT2D eigenvalue weighted by Gasteiger charge is -2.22. The highest BCUT2D eigenvalue weighted by molar-refractivity contribution is 5.96. The fourth-order valence-electron chi connectivity index (χ4n) is 4.55. The highest BCUT2D eigenvalue weighted by Gasteiger charge is 2.18. The maximum absolute atomic E-state index is 12.6. The zero-order chi connectivity index (χ0) is 25.6. The van der Waals surface area contributed by atoms with Crippen molar-refractivity contribution in [3.63, 3.8) is 0 Å². The molecule has 0 radical (unpaired) electrons. The molecular formula is C29H40N4O3. The van der Waals surface area contributed by atoms with Crippen molar-refractivity contribution in [1.29, 1.82) is 0 Å². The lowest BCUT2D eigenvalue weighted by molar-refractivity contribution is -0.121. The second kappa shape index (κ2) is 15.0. The largest absolute Gasteiger partial charge is 0.370 e. The van der Waals surface area contributed by atoms with Crippen molar-refractivity contribution in [2.24, 2.45) is 0 Å². The zero-order valence-corrected chi connectivity index (χ0v) is 21.4. The van der Waals surface area contributed by atoms with E-state index < -0.39 is 0 Å². The van der Waals surface area contributed by atoms with Gasteiger partial charge < -0.3 is 20.9 Å². The van der Waals surface area contributed by atoms with Gasteiger partial charge in [0.25, 0.3) is 5.91 Å². The normalized spacial score (nSPS) is 13.2. The van der Waals surface area contributed by atoms with Gasteiger partial charge in [-0.2, -0.15) is 0 Å². The molecule has 1 aliphatic rings. The zero-order valence-electron chi connectivity index (χ0n) is 21.4. The Balaban J connectivity index is 1.42. The molecule has 0 saturated heterocycles. The molecule has 0 fully saturated rings. The molecule has 1 atom stereocenters. The van der Waals surface area contributed by atoms with Gasteiger partial charge in [0.05, 0.1) is 6.54 Å². The molecule has 2 amide bonds. The summed E-state index contributed by atoms with van der Waals surface area (Å²) < 4.78 is 0. The number of para-hydroxylation sites is 1. The van der Waals surface area contributed by atoms with Gasteiger partial charge in [-0.15, -0.1) is 0 Å². The SMILES string of the molecule is CCC(=O)CCCCCC(CNCCN1CCc2ccccc21)NC(=O)CNC(=O)c1ccccc1. The Labute approximate surface area is 215 Å². The molecule has 1 heterocycles. The van der Waals surface area contributed by atoms with Crippen LogP contribution in [0.3, 0.4) is 0 Å². The maximum atomic E-state index is 12.6. The van der Waals surface area contributed by atoms with Gasteiger partial charge >= 0.3 is 0 Å². The van der Waals surface area contributed by atoms with E-state index in [1.54, 1.807) is 24.3 Å². The molecule has 3 rings (SSSR count). The standard InChI is InChI=1S/C29H40N4O3/c1-2-26(34)15-8-4-7-14-25(32-28(35)22-31-29(36)24-12-5-3-6-13-24)21-30-18-20-33-19-17-23-11-9-10-16-27(23)33/h3,5-6,9-13,16,25,30H,2,4,7-8,14-15,17-22H2,1H3,(H,31,36)(H,32,35). The quantitative estimate of drug-likeness (QED) is 0.312. The summed E-state index contributed by atoms with van der Waals surface area (Å²) in [6.45, 7) is 5.30. The number of unbranched alkanes of at least 4 members (excludes halogenated alkanes) is 2. The van der Waals surface area contributed by atoms with E-state index in [2.05, 4.69) is 45.1 Å². The molecule has 0 aromatic heterocycles. The first kappa shape index (κ1) is 27.4. The van der Waals surface area contributed by atoms with Crippen LogP contribution in [0, 0.1) is 0 Å². The molecule has 1 unspecified atom stereocenters. The fourth-order valence-corrected chi connectivity index (χ4v) is 4.55. The predicted molar refractivity (Wildman–Crippen MR) is 144 cm³/mol. The van der Waals surface area contributed by atoms with Crippen LogP contribution in [-0.2, 0) is 16.0 Å². The van der Waals surface area contributed by atoms with E-state index in [1.165, 1.54) is 11.3 Å². The van der Waals surface area contributed by atoms with Crippen LogP contribution in [0.15, 0.2) is 54.6 Å². The summed E-state index contributed by atoms with van der Waals surface area (Å²) in [5.74, 6) is -0.146. The van der Waals surface area contributed by atoms with E-state index in [-0.39, 0.29) is 24.4 Å².